The van der Waals surface area contributed by atoms with Crippen LogP contribution in [0.2, 0.25) is 5.02 Å². The van der Waals surface area contributed by atoms with Crippen molar-refractivity contribution in [1.82, 2.24) is 9.88 Å². The van der Waals surface area contributed by atoms with Gasteiger partial charge in [-0.1, -0.05) is 29.8 Å². The summed E-state index contributed by atoms with van der Waals surface area (Å²) in [5.74, 6) is -0.0900. The van der Waals surface area contributed by atoms with Crippen LogP contribution in [0.4, 0.5) is 0 Å². The first kappa shape index (κ1) is 13.3. The number of carbonyl (C=O) groups excluding carboxylic acids is 1. The van der Waals surface area contributed by atoms with Gasteiger partial charge in [-0.2, -0.15) is 0 Å². The minimum absolute atomic E-state index is 0.0589. The van der Waals surface area contributed by atoms with Gasteiger partial charge in [0.1, 0.15) is 5.69 Å². The van der Waals surface area contributed by atoms with Crippen LogP contribution < -0.4 is 0 Å². The zero-order chi connectivity index (χ0) is 14.1. The van der Waals surface area contributed by atoms with Crippen molar-refractivity contribution < 1.29 is 9.53 Å². The van der Waals surface area contributed by atoms with E-state index >= 15 is 0 Å². The maximum Gasteiger partial charge on any atom is 0.272 e. The molecule has 3 rings (SSSR count). The third-order valence-corrected chi connectivity index (χ3v) is 3.73. The largest absolute Gasteiger partial charge is 0.375 e. The molecule has 1 aliphatic heterocycles. The number of ether oxygens (including phenoxy) is 1. The molecule has 1 unspecified atom stereocenters. The van der Waals surface area contributed by atoms with Crippen LogP contribution in [0.15, 0.2) is 30.3 Å². The SMILES string of the molecule is CC1CN(C(=O)c2cc(Cl)c3ccccc3n2)CCO1. The second-order valence-electron chi connectivity index (χ2n) is 4.94. The summed E-state index contributed by atoms with van der Waals surface area (Å²) in [6.07, 6.45) is 0.0589. The van der Waals surface area contributed by atoms with Crippen LogP contribution in [0.5, 0.6) is 0 Å². The fourth-order valence-electron chi connectivity index (χ4n) is 2.41. The Labute approximate surface area is 122 Å². The number of hydrogen-bond acceptors (Lipinski definition) is 3. The summed E-state index contributed by atoms with van der Waals surface area (Å²) >= 11 is 6.24. The third-order valence-electron chi connectivity index (χ3n) is 3.41. The summed E-state index contributed by atoms with van der Waals surface area (Å²) in [6.45, 7) is 3.70. The molecular weight excluding hydrogens is 276 g/mol. The van der Waals surface area contributed by atoms with E-state index in [0.717, 1.165) is 10.9 Å². The molecule has 0 bridgehead atoms. The number of aromatic nitrogens is 1. The minimum Gasteiger partial charge on any atom is -0.375 e. The van der Waals surface area contributed by atoms with E-state index in [1.807, 2.05) is 31.2 Å². The zero-order valence-corrected chi connectivity index (χ0v) is 11.9. The Balaban J connectivity index is 1.95. The standard InChI is InChI=1S/C15H15ClN2O2/c1-10-9-18(6-7-20-10)15(19)14-8-12(16)11-4-2-3-5-13(11)17-14/h2-5,8,10H,6-7,9H2,1H3. The Morgan fingerprint density at radius 3 is 3.05 bits per heavy atom. The summed E-state index contributed by atoms with van der Waals surface area (Å²) in [4.78, 5) is 18.7. The molecule has 1 fully saturated rings. The maximum absolute atomic E-state index is 12.5. The fourth-order valence-corrected chi connectivity index (χ4v) is 2.67. The van der Waals surface area contributed by atoms with Gasteiger partial charge in [-0.25, -0.2) is 4.98 Å². The number of para-hydroxylation sites is 1. The Bertz CT molecular complexity index is 659. The van der Waals surface area contributed by atoms with Crippen LogP contribution in [0, 0.1) is 0 Å². The summed E-state index contributed by atoms with van der Waals surface area (Å²) in [5.41, 5.74) is 1.13. The third kappa shape index (κ3) is 2.49. The van der Waals surface area contributed by atoms with Crippen molar-refractivity contribution in [3.8, 4) is 0 Å². The van der Waals surface area contributed by atoms with Crippen molar-refractivity contribution in [2.75, 3.05) is 19.7 Å². The average Bonchev–Trinajstić information content (AvgIpc) is 2.46. The summed E-state index contributed by atoms with van der Waals surface area (Å²) in [5, 5.41) is 1.42. The molecule has 2 heterocycles. The summed E-state index contributed by atoms with van der Waals surface area (Å²) in [7, 11) is 0. The number of fused-ring (bicyclic) bond motifs is 1. The molecule has 1 aromatic carbocycles. The van der Waals surface area contributed by atoms with Crippen molar-refractivity contribution in [3.05, 3.63) is 41.0 Å². The minimum atomic E-state index is -0.0900. The predicted molar refractivity (Wildman–Crippen MR) is 78.1 cm³/mol. The number of nitrogens with zero attached hydrogens (tertiary/aromatic N) is 2. The Morgan fingerprint density at radius 1 is 1.45 bits per heavy atom. The summed E-state index contributed by atoms with van der Waals surface area (Å²) in [6, 6.07) is 9.19. The van der Waals surface area contributed by atoms with Gasteiger partial charge in [-0.15, -0.1) is 0 Å². The van der Waals surface area contributed by atoms with E-state index in [4.69, 9.17) is 16.3 Å². The van der Waals surface area contributed by atoms with Crippen LogP contribution in [-0.4, -0.2) is 41.6 Å². The predicted octanol–water partition coefficient (Wildman–Crippen LogP) is 2.75. The van der Waals surface area contributed by atoms with Gasteiger partial charge in [0.05, 0.1) is 23.3 Å². The molecule has 1 amide bonds. The normalized spacial score (nSPS) is 19.3. The van der Waals surface area contributed by atoms with E-state index in [9.17, 15) is 4.79 Å². The number of rotatable bonds is 1. The van der Waals surface area contributed by atoms with Crippen molar-refractivity contribution in [2.24, 2.45) is 0 Å². The van der Waals surface area contributed by atoms with Gasteiger partial charge >= 0.3 is 0 Å². The highest BCUT2D eigenvalue weighted by atomic mass is 35.5. The second-order valence-corrected chi connectivity index (χ2v) is 5.35. The molecule has 0 saturated carbocycles. The first-order chi connectivity index (χ1) is 9.65. The van der Waals surface area contributed by atoms with E-state index in [1.165, 1.54) is 0 Å². The lowest BCUT2D eigenvalue weighted by Gasteiger charge is -2.31. The average molecular weight is 291 g/mol. The van der Waals surface area contributed by atoms with Gasteiger partial charge in [-0.3, -0.25) is 4.79 Å². The molecule has 1 saturated heterocycles. The molecule has 20 heavy (non-hydrogen) atoms. The molecule has 0 aliphatic carbocycles. The van der Waals surface area contributed by atoms with Gasteiger partial charge in [0.2, 0.25) is 0 Å². The van der Waals surface area contributed by atoms with Crippen molar-refractivity contribution in [2.45, 2.75) is 13.0 Å². The second kappa shape index (κ2) is 5.38. The fraction of sp³-hybridized carbons (Fsp3) is 0.333. The van der Waals surface area contributed by atoms with Crippen molar-refractivity contribution in [1.29, 1.82) is 0 Å². The lowest BCUT2D eigenvalue weighted by molar-refractivity contribution is -0.0126. The topological polar surface area (TPSA) is 42.4 Å². The number of morpholine rings is 1. The lowest BCUT2D eigenvalue weighted by atomic mass is 10.2. The van der Waals surface area contributed by atoms with Crippen molar-refractivity contribution >= 4 is 28.4 Å². The number of hydrogen-bond donors (Lipinski definition) is 0. The van der Waals surface area contributed by atoms with Gasteiger partial charge in [-0.05, 0) is 19.1 Å². The molecule has 2 aromatic rings. The quantitative estimate of drug-likeness (QED) is 0.811. The molecule has 104 valence electrons. The number of carbonyl (C=O) groups is 1. The maximum atomic E-state index is 12.5. The van der Waals surface area contributed by atoms with Crippen LogP contribution in [0.1, 0.15) is 17.4 Å². The highest BCUT2D eigenvalue weighted by molar-refractivity contribution is 6.35. The monoisotopic (exact) mass is 290 g/mol. The van der Waals surface area contributed by atoms with E-state index in [-0.39, 0.29) is 12.0 Å². The number of halogens is 1. The van der Waals surface area contributed by atoms with Crippen LogP contribution in [0.25, 0.3) is 10.9 Å². The lowest BCUT2D eigenvalue weighted by Crippen LogP contribution is -2.44. The van der Waals surface area contributed by atoms with Crippen LogP contribution >= 0.6 is 11.6 Å². The molecule has 0 N–H and O–H groups in total. The Kier molecular flexibility index (Phi) is 3.59. The Morgan fingerprint density at radius 2 is 2.25 bits per heavy atom. The first-order valence-corrected chi connectivity index (χ1v) is 6.99. The molecule has 4 nitrogen and oxygen atoms in total. The molecule has 1 atom stereocenters. The molecule has 1 aromatic heterocycles. The van der Waals surface area contributed by atoms with E-state index in [1.54, 1.807) is 11.0 Å². The molecular formula is C15H15ClN2O2. The molecule has 5 heteroatoms. The highest BCUT2D eigenvalue weighted by Gasteiger charge is 2.24. The number of amides is 1. The van der Waals surface area contributed by atoms with Gasteiger partial charge < -0.3 is 9.64 Å². The van der Waals surface area contributed by atoms with E-state index in [0.29, 0.717) is 30.4 Å². The van der Waals surface area contributed by atoms with Crippen molar-refractivity contribution in [3.63, 3.8) is 0 Å². The van der Waals surface area contributed by atoms with E-state index < -0.39 is 0 Å². The highest BCUT2D eigenvalue weighted by Crippen LogP contribution is 2.23. The first-order valence-electron chi connectivity index (χ1n) is 6.61. The Hall–Kier alpha value is -1.65. The van der Waals surface area contributed by atoms with Crippen LogP contribution in [0.3, 0.4) is 0 Å². The molecule has 0 radical (unpaired) electrons. The number of benzene rings is 1. The van der Waals surface area contributed by atoms with Crippen LogP contribution in [-0.2, 0) is 4.74 Å². The van der Waals surface area contributed by atoms with E-state index in [2.05, 4.69) is 4.98 Å². The zero-order valence-electron chi connectivity index (χ0n) is 11.2. The smallest absolute Gasteiger partial charge is 0.272 e. The molecule has 1 aliphatic rings. The number of pyridine rings is 1. The summed E-state index contributed by atoms with van der Waals surface area (Å²) < 4.78 is 5.45. The van der Waals surface area contributed by atoms with Gasteiger partial charge in [0, 0.05) is 18.5 Å². The van der Waals surface area contributed by atoms with Gasteiger partial charge in [0.15, 0.2) is 0 Å². The molecule has 0 spiro atoms. The van der Waals surface area contributed by atoms with Gasteiger partial charge in [0.25, 0.3) is 5.91 Å².